The fourth-order valence-electron chi connectivity index (χ4n) is 3.11. The number of amides is 2. The van der Waals surface area contributed by atoms with E-state index in [1.54, 1.807) is 45.0 Å². The van der Waals surface area contributed by atoms with Crippen LogP contribution >= 0.6 is 23.4 Å². The number of thioether (sulfide) groups is 1. The lowest BCUT2D eigenvalue weighted by Gasteiger charge is -2.27. The second kappa shape index (κ2) is 9.38. The predicted octanol–water partition coefficient (Wildman–Crippen LogP) is 4.71. The second-order valence-corrected chi connectivity index (χ2v) is 9.64. The van der Waals surface area contributed by atoms with Crippen LogP contribution in [0.4, 0.5) is 14.9 Å². The number of nitrogens with zero attached hydrogens (tertiary/aromatic N) is 1. The molecule has 0 fully saturated rings. The molecule has 1 heterocycles. The number of fused-ring (bicyclic) bond motifs is 1. The quantitative estimate of drug-likeness (QED) is 0.658. The third-order valence-electron chi connectivity index (χ3n) is 4.49. The molecule has 0 saturated carbocycles. The van der Waals surface area contributed by atoms with Crippen LogP contribution in [0.5, 0.6) is 0 Å². The molecular formula is C22H22ClFN2O5S. The lowest BCUT2D eigenvalue weighted by molar-refractivity contribution is -0.120. The van der Waals surface area contributed by atoms with Crippen LogP contribution in [0.2, 0.25) is 5.02 Å². The van der Waals surface area contributed by atoms with Gasteiger partial charge in [0, 0.05) is 15.7 Å². The van der Waals surface area contributed by atoms with E-state index in [0.29, 0.717) is 15.5 Å². The molecule has 1 aliphatic rings. The SMILES string of the molecule is CC(C)(C)OC(=O)N[C@H]1CSc2ccc(C(=O)O)c(F)c2N(Cc2ccc(Cl)cc2)C1=O. The first-order chi connectivity index (χ1) is 15.0. The zero-order chi connectivity index (χ0) is 23.6. The molecule has 32 heavy (non-hydrogen) atoms. The number of hydrogen-bond donors (Lipinski definition) is 2. The van der Waals surface area contributed by atoms with Gasteiger partial charge in [0.1, 0.15) is 11.6 Å². The Morgan fingerprint density at radius 2 is 1.91 bits per heavy atom. The first kappa shape index (κ1) is 23.9. The van der Waals surface area contributed by atoms with E-state index in [2.05, 4.69) is 5.32 Å². The number of rotatable bonds is 4. The summed E-state index contributed by atoms with van der Waals surface area (Å²) in [5.41, 5.74) is -0.795. The van der Waals surface area contributed by atoms with Gasteiger partial charge in [0.15, 0.2) is 5.82 Å². The van der Waals surface area contributed by atoms with Crippen molar-refractivity contribution in [2.45, 2.75) is 43.9 Å². The number of ether oxygens (including phenoxy) is 1. The Hall–Kier alpha value is -2.78. The third kappa shape index (κ3) is 5.52. The van der Waals surface area contributed by atoms with Crippen molar-refractivity contribution in [2.75, 3.05) is 10.7 Å². The molecule has 7 nitrogen and oxygen atoms in total. The molecule has 0 radical (unpaired) electrons. The van der Waals surface area contributed by atoms with Gasteiger partial charge in [-0.2, -0.15) is 0 Å². The first-order valence-corrected chi connectivity index (χ1v) is 11.1. The average molecular weight is 481 g/mol. The number of carbonyl (C=O) groups excluding carboxylic acids is 2. The van der Waals surface area contributed by atoms with Gasteiger partial charge >= 0.3 is 12.1 Å². The van der Waals surface area contributed by atoms with E-state index in [1.165, 1.54) is 6.07 Å². The summed E-state index contributed by atoms with van der Waals surface area (Å²) in [6.45, 7) is 5.04. The molecule has 0 spiro atoms. The van der Waals surface area contributed by atoms with Crippen LogP contribution in [-0.2, 0) is 16.1 Å². The van der Waals surface area contributed by atoms with Crippen molar-refractivity contribution in [2.24, 2.45) is 0 Å². The minimum atomic E-state index is -1.44. The largest absolute Gasteiger partial charge is 0.478 e. The van der Waals surface area contributed by atoms with Gasteiger partial charge in [0.05, 0.1) is 17.8 Å². The number of anilines is 1. The maximum atomic E-state index is 15.3. The summed E-state index contributed by atoms with van der Waals surface area (Å²) in [6.07, 6.45) is -0.777. The van der Waals surface area contributed by atoms with Crippen molar-refractivity contribution in [3.63, 3.8) is 0 Å². The standard InChI is InChI=1S/C22H22ClFN2O5S/c1-22(2,3)31-21(30)25-15-11-32-16-9-8-14(20(28)29)17(24)18(16)26(19(15)27)10-12-4-6-13(23)7-5-12/h4-9,15H,10-11H2,1-3H3,(H,25,30)(H,28,29)/t15-/m0/s1. The van der Waals surface area contributed by atoms with Crippen molar-refractivity contribution in [1.29, 1.82) is 0 Å². The zero-order valence-corrected chi connectivity index (χ0v) is 19.2. The Bertz CT molecular complexity index is 1060. The maximum absolute atomic E-state index is 15.3. The molecule has 3 rings (SSSR count). The van der Waals surface area contributed by atoms with Crippen molar-refractivity contribution < 1.29 is 28.6 Å². The molecule has 1 atom stereocenters. The van der Waals surface area contributed by atoms with E-state index in [9.17, 15) is 19.5 Å². The van der Waals surface area contributed by atoms with E-state index in [-0.39, 0.29) is 18.0 Å². The van der Waals surface area contributed by atoms with E-state index in [0.717, 1.165) is 22.7 Å². The number of hydrogen-bond acceptors (Lipinski definition) is 5. The number of benzene rings is 2. The van der Waals surface area contributed by atoms with Gasteiger partial charge < -0.3 is 20.1 Å². The van der Waals surface area contributed by atoms with Gasteiger partial charge in [0.2, 0.25) is 0 Å². The number of aromatic carboxylic acids is 1. The first-order valence-electron chi connectivity index (χ1n) is 9.70. The molecule has 0 unspecified atom stereocenters. The monoisotopic (exact) mass is 480 g/mol. The van der Waals surface area contributed by atoms with Crippen LogP contribution in [0.15, 0.2) is 41.3 Å². The zero-order valence-electron chi connectivity index (χ0n) is 17.6. The Kier molecular flexibility index (Phi) is 7.00. The normalized spacial score (nSPS) is 16.2. The second-order valence-electron chi connectivity index (χ2n) is 8.14. The van der Waals surface area contributed by atoms with Crippen LogP contribution in [0.3, 0.4) is 0 Å². The Balaban J connectivity index is 2.01. The summed E-state index contributed by atoms with van der Waals surface area (Å²) in [4.78, 5) is 38.7. The van der Waals surface area contributed by atoms with Crippen LogP contribution in [-0.4, -0.2) is 40.5 Å². The summed E-state index contributed by atoms with van der Waals surface area (Å²) in [5.74, 6) is -2.92. The topological polar surface area (TPSA) is 95.9 Å². The van der Waals surface area contributed by atoms with Crippen LogP contribution < -0.4 is 10.2 Å². The van der Waals surface area contributed by atoms with E-state index >= 15 is 4.39 Å². The summed E-state index contributed by atoms with van der Waals surface area (Å²) in [7, 11) is 0. The van der Waals surface area contributed by atoms with Crippen molar-refractivity contribution in [3.05, 3.63) is 58.4 Å². The molecule has 0 saturated heterocycles. The fraction of sp³-hybridized carbons (Fsp3) is 0.318. The maximum Gasteiger partial charge on any atom is 0.408 e. The molecule has 2 aromatic rings. The highest BCUT2D eigenvalue weighted by molar-refractivity contribution is 7.99. The van der Waals surface area contributed by atoms with Crippen molar-refractivity contribution in [1.82, 2.24) is 5.32 Å². The highest BCUT2D eigenvalue weighted by Gasteiger charge is 2.36. The van der Waals surface area contributed by atoms with Gasteiger partial charge in [-0.15, -0.1) is 11.8 Å². The Morgan fingerprint density at radius 3 is 2.50 bits per heavy atom. The van der Waals surface area contributed by atoms with Gasteiger partial charge in [-0.05, 0) is 50.6 Å². The molecule has 0 bridgehead atoms. The van der Waals surface area contributed by atoms with Gasteiger partial charge in [-0.25, -0.2) is 14.0 Å². The summed E-state index contributed by atoms with van der Waals surface area (Å²) >= 11 is 7.08. The molecule has 0 aliphatic carbocycles. The number of carboxylic acid groups (broad SMARTS) is 1. The number of nitrogens with one attached hydrogen (secondary N) is 1. The lowest BCUT2D eigenvalue weighted by atomic mass is 10.1. The smallest absolute Gasteiger partial charge is 0.408 e. The predicted molar refractivity (Wildman–Crippen MR) is 120 cm³/mol. The van der Waals surface area contributed by atoms with Gasteiger partial charge in [-0.1, -0.05) is 23.7 Å². The third-order valence-corrected chi connectivity index (χ3v) is 5.89. The Labute approximate surface area is 193 Å². The molecule has 2 N–H and O–H groups in total. The van der Waals surface area contributed by atoms with E-state index in [1.807, 2.05) is 0 Å². The van der Waals surface area contributed by atoms with Crippen LogP contribution in [0.25, 0.3) is 0 Å². The van der Waals surface area contributed by atoms with Gasteiger partial charge in [-0.3, -0.25) is 4.79 Å². The molecule has 2 aromatic carbocycles. The highest BCUT2D eigenvalue weighted by atomic mass is 35.5. The van der Waals surface area contributed by atoms with E-state index in [4.69, 9.17) is 16.3 Å². The summed E-state index contributed by atoms with van der Waals surface area (Å²) in [5, 5.41) is 12.4. The molecule has 0 aromatic heterocycles. The summed E-state index contributed by atoms with van der Waals surface area (Å²) < 4.78 is 20.5. The summed E-state index contributed by atoms with van der Waals surface area (Å²) in [6, 6.07) is 8.25. The number of carboxylic acids is 1. The highest BCUT2D eigenvalue weighted by Crippen LogP contribution is 2.39. The molecule has 1 aliphatic heterocycles. The molecule has 10 heteroatoms. The number of alkyl carbamates (subject to hydrolysis) is 1. The average Bonchev–Trinajstić information content (AvgIpc) is 2.80. The minimum absolute atomic E-state index is 0.0456. The van der Waals surface area contributed by atoms with Crippen LogP contribution in [0, 0.1) is 5.82 Å². The molecule has 170 valence electrons. The number of carbonyl (C=O) groups is 3. The fourth-order valence-corrected chi connectivity index (χ4v) is 4.30. The molecule has 2 amide bonds. The minimum Gasteiger partial charge on any atom is -0.478 e. The Morgan fingerprint density at radius 1 is 1.25 bits per heavy atom. The lowest BCUT2D eigenvalue weighted by Crippen LogP contribution is -2.50. The van der Waals surface area contributed by atoms with Crippen LogP contribution in [0.1, 0.15) is 36.7 Å². The van der Waals surface area contributed by atoms with Crippen molar-refractivity contribution >= 4 is 47.0 Å². The van der Waals surface area contributed by atoms with E-state index < -0.39 is 41.0 Å². The van der Waals surface area contributed by atoms with Gasteiger partial charge in [0.25, 0.3) is 5.91 Å². The molecular weight excluding hydrogens is 459 g/mol. The number of halogens is 2. The van der Waals surface area contributed by atoms with Crippen molar-refractivity contribution in [3.8, 4) is 0 Å².